The number of aromatic nitrogens is 2. The SMILES string of the molecule is CC(C)COc1cc(C(=S)Nc2nccs2)cc(OC(C)C)n1. The third-order valence-electron chi connectivity index (χ3n) is 2.61. The molecule has 0 aromatic carbocycles. The first kappa shape index (κ1) is 17.6. The fraction of sp³-hybridized carbons (Fsp3) is 0.438. The van der Waals surface area contributed by atoms with Crippen LogP contribution in [0.4, 0.5) is 5.13 Å². The minimum Gasteiger partial charge on any atom is -0.477 e. The van der Waals surface area contributed by atoms with Crippen LogP contribution in [-0.4, -0.2) is 27.7 Å². The summed E-state index contributed by atoms with van der Waals surface area (Å²) >= 11 is 6.95. The van der Waals surface area contributed by atoms with Gasteiger partial charge in [-0.25, -0.2) is 4.98 Å². The Morgan fingerprint density at radius 3 is 2.61 bits per heavy atom. The average Bonchev–Trinajstić information content (AvgIpc) is 2.97. The minimum atomic E-state index is 0.0243. The monoisotopic (exact) mass is 351 g/mol. The highest BCUT2D eigenvalue weighted by molar-refractivity contribution is 7.81. The zero-order chi connectivity index (χ0) is 16.8. The first-order valence-electron chi connectivity index (χ1n) is 7.46. The van der Waals surface area contributed by atoms with Crippen molar-refractivity contribution in [2.45, 2.75) is 33.8 Å². The zero-order valence-electron chi connectivity index (χ0n) is 13.7. The van der Waals surface area contributed by atoms with Crippen LogP contribution in [0, 0.1) is 5.92 Å². The van der Waals surface area contributed by atoms with E-state index >= 15 is 0 Å². The van der Waals surface area contributed by atoms with Gasteiger partial charge in [-0.15, -0.1) is 11.3 Å². The molecule has 0 saturated heterocycles. The molecular formula is C16H21N3O2S2. The van der Waals surface area contributed by atoms with Crippen molar-refractivity contribution >= 4 is 33.7 Å². The molecule has 0 atom stereocenters. The van der Waals surface area contributed by atoms with E-state index in [0.29, 0.717) is 29.3 Å². The molecule has 124 valence electrons. The van der Waals surface area contributed by atoms with Gasteiger partial charge in [0.2, 0.25) is 11.8 Å². The number of anilines is 1. The maximum absolute atomic E-state index is 5.72. The van der Waals surface area contributed by atoms with Crippen molar-refractivity contribution in [2.24, 2.45) is 5.92 Å². The molecule has 0 radical (unpaired) electrons. The number of rotatable bonds is 7. The quantitative estimate of drug-likeness (QED) is 0.756. The van der Waals surface area contributed by atoms with Crippen molar-refractivity contribution in [3.05, 3.63) is 29.3 Å². The van der Waals surface area contributed by atoms with Crippen LogP contribution in [0.25, 0.3) is 0 Å². The van der Waals surface area contributed by atoms with Crippen molar-refractivity contribution in [1.29, 1.82) is 0 Å². The van der Waals surface area contributed by atoms with Gasteiger partial charge < -0.3 is 14.8 Å². The van der Waals surface area contributed by atoms with E-state index in [1.54, 1.807) is 6.20 Å². The summed E-state index contributed by atoms with van der Waals surface area (Å²) in [7, 11) is 0. The van der Waals surface area contributed by atoms with E-state index in [1.807, 2.05) is 31.4 Å². The summed E-state index contributed by atoms with van der Waals surface area (Å²) in [4.78, 5) is 9.12. The molecule has 5 nitrogen and oxygen atoms in total. The zero-order valence-corrected chi connectivity index (χ0v) is 15.3. The molecule has 2 heterocycles. The average molecular weight is 351 g/mol. The molecule has 0 aliphatic heterocycles. The van der Waals surface area contributed by atoms with E-state index in [9.17, 15) is 0 Å². The van der Waals surface area contributed by atoms with Gasteiger partial charge in [-0.3, -0.25) is 0 Å². The number of pyridine rings is 1. The van der Waals surface area contributed by atoms with Gasteiger partial charge >= 0.3 is 0 Å². The minimum absolute atomic E-state index is 0.0243. The summed E-state index contributed by atoms with van der Waals surface area (Å²) in [6.45, 7) is 8.67. The highest BCUT2D eigenvalue weighted by atomic mass is 32.1. The summed E-state index contributed by atoms with van der Waals surface area (Å²) in [5.41, 5.74) is 0.791. The second kappa shape index (κ2) is 8.21. The van der Waals surface area contributed by atoms with Gasteiger partial charge in [-0.1, -0.05) is 26.1 Å². The first-order chi connectivity index (χ1) is 10.9. The normalized spacial score (nSPS) is 10.9. The molecule has 0 aliphatic rings. The lowest BCUT2D eigenvalue weighted by atomic mass is 10.2. The first-order valence-corrected chi connectivity index (χ1v) is 8.75. The summed E-state index contributed by atoms with van der Waals surface area (Å²) in [6.07, 6.45) is 1.75. The van der Waals surface area contributed by atoms with Crippen LogP contribution in [0.1, 0.15) is 33.3 Å². The number of hydrogen-bond donors (Lipinski definition) is 1. The van der Waals surface area contributed by atoms with Crippen LogP contribution in [-0.2, 0) is 0 Å². The van der Waals surface area contributed by atoms with Crippen molar-refractivity contribution in [1.82, 2.24) is 9.97 Å². The fourth-order valence-corrected chi connectivity index (χ4v) is 2.51. The predicted molar refractivity (Wildman–Crippen MR) is 97.8 cm³/mol. The Morgan fingerprint density at radius 1 is 1.26 bits per heavy atom. The van der Waals surface area contributed by atoms with Crippen LogP contribution in [0.15, 0.2) is 23.7 Å². The Kier molecular flexibility index (Phi) is 6.29. The standard InChI is InChI=1S/C16H21N3O2S2/c1-10(2)9-20-13-7-12(8-14(18-13)21-11(3)4)15(22)19-16-17-5-6-23-16/h5-8,10-11H,9H2,1-4H3,(H,17,19,22). The molecule has 2 aromatic rings. The molecule has 0 aliphatic carbocycles. The van der Waals surface area contributed by atoms with Gasteiger partial charge in [0, 0.05) is 29.3 Å². The number of thiazole rings is 1. The van der Waals surface area contributed by atoms with Gasteiger partial charge in [0.1, 0.15) is 4.99 Å². The molecule has 2 rings (SSSR count). The molecule has 7 heteroatoms. The highest BCUT2D eigenvalue weighted by Gasteiger charge is 2.11. The number of nitrogens with one attached hydrogen (secondary N) is 1. The van der Waals surface area contributed by atoms with E-state index in [0.717, 1.165) is 10.7 Å². The predicted octanol–water partition coefficient (Wildman–Crippen LogP) is 4.15. The van der Waals surface area contributed by atoms with Crippen LogP contribution in [0.5, 0.6) is 11.8 Å². The molecule has 23 heavy (non-hydrogen) atoms. The molecular weight excluding hydrogens is 330 g/mol. The number of ether oxygens (including phenoxy) is 2. The lowest BCUT2D eigenvalue weighted by Gasteiger charge is -2.14. The maximum Gasteiger partial charge on any atom is 0.217 e. The Labute approximate surface area is 146 Å². The van der Waals surface area contributed by atoms with Crippen molar-refractivity contribution in [2.75, 3.05) is 11.9 Å². The van der Waals surface area contributed by atoms with Crippen LogP contribution >= 0.6 is 23.6 Å². The number of nitrogens with zero attached hydrogens (tertiary/aromatic N) is 2. The van der Waals surface area contributed by atoms with Gasteiger partial charge in [0.15, 0.2) is 5.13 Å². The summed E-state index contributed by atoms with van der Waals surface area (Å²) in [5, 5.41) is 5.75. The summed E-state index contributed by atoms with van der Waals surface area (Å²) < 4.78 is 11.4. The third-order valence-corrected chi connectivity index (χ3v) is 3.64. The van der Waals surface area contributed by atoms with Gasteiger partial charge in [0.05, 0.1) is 12.7 Å². The van der Waals surface area contributed by atoms with E-state index in [2.05, 4.69) is 29.1 Å². The van der Waals surface area contributed by atoms with E-state index in [-0.39, 0.29) is 6.10 Å². The fourth-order valence-electron chi connectivity index (χ4n) is 1.69. The second-order valence-electron chi connectivity index (χ2n) is 5.70. The number of thiocarbonyl (C=S) groups is 1. The van der Waals surface area contributed by atoms with Gasteiger partial charge in [-0.2, -0.15) is 4.98 Å². The lowest BCUT2D eigenvalue weighted by molar-refractivity contribution is 0.221. The molecule has 0 amide bonds. The molecule has 0 saturated carbocycles. The second-order valence-corrected chi connectivity index (χ2v) is 7.00. The van der Waals surface area contributed by atoms with E-state index < -0.39 is 0 Å². The molecule has 0 fully saturated rings. The largest absolute Gasteiger partial charge is 0.477 e. The molecule has 0 spiro atoms. The van der Waals surface area contributed by atoms with Gasteiger partial charge in [-0.05, 0) is 19.8 Å². The molecule has 0 unspecified atom stereocenters. The Morgan fingerprint density at radius 2 is 2.00 bits per heavy atom. The van der Waals surface area contributed by atoms with Crippen molar-refractivity contribution in [3.63, 3.8) is 0 Å². The van der Waals surface area contributed by atoms with Crippen molar-refractivity contribution < 1.29 is 9.47 Å². The Hall–Kier alpha value is -1.73. The topological polar surface area (TPSA) is 56.3 Å². The third kappa shape index (κ3) is 5.76. The van der Waals surface area contributed by atoms with Crippen LogP contribution in [0.3, 0.4) is 0 Å². The van der Waals surface area contributed by atoms with Crippen LogP contribution < -0.4 is 14.8 Å². The molecule has 1 N–H and O–H groups in total. The summed E-state index contributed by atoms with van der Waals surface area (Å²) in [5.74, 6) is 1.42. The molecule has 0 bridgehead atoms. The van der Waals surface area contributed by atoms with Crippen molar-refractivity contribution in [3.8, 4) is 11.8 Å². The number of hydrogen-bond acceptors (Lipinski definition) is 6. The Bertz CT molecular complexity index is 643. The molecule has 2 aromatic heterocycles. The van der Waals surface area contributed by atoms with E-state index in [1.165, 1.54) is 11.3 Å². The maximum atomic E-state index is 5.72. The van der Waals surface area contributed by atoms with E-state index in [4.69, 9.17) is 21.7 Å². The lowest BCUT2D eigenvalue weighted by Crippen LogP contribution is -2.14. The summed E-state index contributed by atoms with van der Waals surface area (Å²) in [6, 6.07) is 3.63. The smallest absolute Gasteiger partial charge is 0.217 e. The van der Waals surface area contributed by atoms with Crippen LogP contribution in [0.2, 0.25) is 0 Å². The Balaban J connectivity index is 2.21. The van der Waals surface area contributed by atoms with Gasteiger partial charge in [0.25, 0.3) is 0 Å². The highest BCUT2D eigenvalue weighted by Crippen LogP contribution is 2.22.